The SMILES string of the molecule is COC(=O)c1cc(C)nn1CCO. The van der Waals surface area contributed by atoms with Crippen molar-refractivity contribution in [2.24, 2.45) is 0 Å². The van der Waals surface area contributed by atoms with Gasteiger partial charge in [0.1, 0.15) is 5.69 Å². The van der Waals surface area contributed by atoms with Crippen molar-refractivity contribution >= 4 is 5.97 Å². The highest BCUT2D eigenvalue weighted by Crippen LogP contribution is 2.04. The second kappa shape index (κ2) is 4.04. The van der Waals surface area contributed by atoms with Gasteiger partial charge in [0.2, 0.25) is 0 Å². The zero-order valence-electron chi connectivity index (χ0n) is 7.65. The Kier molecular flexibility index (Phi) is 3.02. The first-order chi connectivity index (χ1) is 6.19. The van der Waals surface area contributed by atoms with Gasteiger partial charge >= 0.3 is 5.97 Å². The van der Waals surface area contributed by atoms with Gasteiger partial charge < -0.3 is 9.84 Å². The van der Waals surface area contributed by atoms with E-state index in [-0.39, 0.29) is 6.61 Å². The number of nitrogens with zero attached hydrogens (tertiary/aromatic N) is 2. The van der Waals surface area contributed by atoms with Gasteiger partial charge in [-0.15, -0.1) is 0 Å². The predicted molar refractivity (Wildman–Crippen MR) is 45.4 cm³/mol. The van der Waals surface area contributed by atoms with Gasteiger partial charge in [-0.2, -0.15) is 5.10 Å². The molecule has 13 heavy (non-hydrogen) atoms. The molecule has 5 heteroatoms. The van der Waals surface area contributed by atoms with Gasteiger partial charge in [0, 0.05) is 0 Å². The molecule has 1 aromatic rings. The summed E-state index contributed by atoms with van der Waals surface area (Å²) in [7, 11) is 1.31. The summed E-state index contributed by atoms with van der Waals surface area (Å²) in [5.74, 6) is -0.436. The largest absolute Gasteiger partial charge is 0.464 e. The highest BCUT2D eigenvalue weighted by Gasteiger charge is 2.13. The van der Waals surface area contributed by atoms with Crippen LogP contribution in [-0.4, -0.2) is 34.6 Å². The first-order valence-corrected chi connectivity index (χ1v) is 3.92. The van der Waals surface area contributed by atoms with Crippen LogP contribution in [0.3, 0.4) is 0 Å². The van der Waals surface area contributed by atoms with Crippen molar-refractivity contribution in [2.75, 3.05) is 13.7 Å². The third-order valence-electron chi connectivity index (χ3n) is 1.61. The van der Waals surface area contributed by atoms with E-state index in [1.807, 2.05) is 0 Å². The number of methoxy groups -OCH3 is 1. The molecular weight excluding hydrogens is 172 g/mol. The average Bonchev–Trinajstić information content (AvgIpc) is 2.46. The number of esters is 1. The maximum absolute atomic E-state index is 11.2. The van der Waals surface area contributed by atoms with Crippen molar-refractivity contribution in [3.8, 4) is 0 Å². The Balaban J connectivity index is 2.96. The molecule has 0 saturated heterocycles. The van der Waals surface area contributed by atoms with E-state index in [4.69, 9.17) is 5.11 Å². The van der Waals surface area contributed by atoms with Crippen LogP contribution in [0.4, 0.5) is 0 Å². The molecule has 0 fully saturated rings. The summed E-state index contributed by atoms with van der Waals surface area (Å²) in [6.45, 7) is 2.03. The van der Waals surface area contributed by atoms with Gasteiger partial charge in [-0.1, -0.05) is 0 Å². The molecule has 1 heterocycles. The first-order valence-electron chi connectivity index (χ1n) is 3.92. The van der Waals surface area contributed by atoms with Crippen LogP contribution in [0.25, 0.3) is 0 Å². The van der Waals surface area contributed by atoms with Crippen molar-refractivity contribution in [2.45, 2.75) is 13.5 Å². The van der Waals surface area contributed by atoms with E-state index in [1.165, 1.54) is 11.8 Å². The van der Waals surface area contributed by atoms with E-state index in [2.05, 4.69) is 9.84 Å². The number of carbonyl (C=O) groups excluding carboxylic acids is 1. The van der Waals surface area contributed by atoms with Gasteiger partial charge in [0.25, 0.3) is 0 Å². The fourth-order valence-electron chi connectivity index (χ4n) is 1.08. The quantitative estimate of drug-likeness (QED) is 0.670. The molecule has 0 bridgehead atoms. The van der Waals surface area contributed by atoms with Gasteiger partial charge in [-0.05, 0) is 13.0 Å². The molecule has 5 nitrogen and oxygen atoms in total. The molecule has 0 amide bonds. The van der Waals surface area contributed by atoms with Crippen molar-refractivity contribution in [3.05, 3.63) is 17.5 Å². The molecule has 0 aliphatic heterocycles. The van der Waals surface area contributed by atoms with Gasteiger partial charge in [-0.25, -0.2) is 4.79 Å². The minimum atomic E-state index is -0.436. The third-order valence-corrected chi connectivity index (χ3v) is 1.61. The lowest BCUT2D eigenvalue weighted by Crippen LogP contribution is -2.13. The first kappa shape index (κ1) is 9.73. The lowest BCUT2D eigenvalue weighted by molar-refractivity contribution is 0.0585. The number of carbonyl (C=O) groups is 1. The highest BCUT2D eigenvalue weighted by molar-refractivity contribution is 5.87. The number of aromatic nitrogens is 2. The molecule has 1 rings (SSSR count). The van der Waals surface area contributed by atoms with Gasteiger partial charge in [0.15, 0.2) is 0 Å². The number of rotatable bonds is 3. The second-order valence-corrected chi connectivity index (χ2v) is 2.61. The number of aryl methyl sites for hydroxylation is 1. The van der Waals surface area contributed by atoms with Crippen molar-refractivity contribution in [1.29, 1.82) is 0 Å². The topological polar surface area (TPSA) is 64.3 Å². The number of hydrogen-bond donors (Lipinski definition) is 1. The van der Waals surface area contributed by atoms with E-state index in [0.29, 0.717) is 12.2 Å². The molecule has 0 aliphatic carbocycles. The summed E-state index contributed by atoms with van der Waals surface area (Å²) in [6, 6.07) is 1.63. The minimum absolute atomic E-state index is 0.0505. The summed E-state index contributed by atoms with van der Waals surface area (Å²) < 4.78 is 5.99. The minimum Gasteiger partial charge on any atom is -0.464 e. The fourth-order valence-corrected chi connectivity index (χ4v) is 1.08. The Hall–Kier alpha value is -1.36. The van der Waals surface area contributed by atoms with E-state index in [9.17, 15) is 4.79 Å². The Labute approximate surface area is 75.9 Å². The number of aliphatic hydroxyl groups is 1. The molecule has 0 aliphatic rings. The van der Waals surface area contributed by atoms with E-state index >= 15 is 0 Å². The summed E-state index contributed by atoms with van der Waals surface area (Å²) in [5, 5.41) is 12.7. The van der Waals surface area contributed by atoms with Crippen LogP contribution in [0.1, 0.15) is 16.2 Å². The maximum atomic E-state index is 11.2. The van der Waals surface area contributed by atoms with Crippen LogP contribution < -0.4 is 0 Å². The predicted octanol–water partition coefficient (Wildman–Crippen LogP) is -0.0296. The zero-order chi connectivity index (χ0) is 9.84. The summed E-state index contributed by atoms with van der Waals surface area (Å²) in [4.78, 5) is 11.2. The van der Waals surface area contributed by atoms with E-state index in [0.717, 1.165) is 5.69 Å². The molecule has 0 aromatic carbocycles. The highest BCUT2D eigenvalue weighted by atomic mass is 16.5. The Morgan fingerprint density at radius 3 is 3.00 bits per heavy atom. The van der Waals surface area contributed by atoms with E-state index in [1.54, 1.807) is 13.0 Å². The normalized spacial score (nSPS) is 10.1. The third kappa shape index (κ3) is 2.06. The molecule has 0 unspecified atom stereocenters. The molecule has 0 radical (unpaired) electrons. The Bertz CT molecular complexity index is 306. The maximum Gasteiger partial charge on any atom is 0.356 e. The molecule has 1 N–H and O–H groups in total. The van der Waals surface area contributed by atoms with E-state index < -0.39 is 5.97 Å². The lowest BCUT2D eigenvalue weighted by Gasteiger charge is -2.02. The van der Waals surface area contributed by atoms with Crippen molar-refractivity contribution < 1.29 is 14.6 Å². The standard InChI is InChI=1S/C8H12N2O3/c1-6-5-7(8(12)13-2)10(9-6)3-4-11/h5,11H,3-4H2,1-2H3. The molecular formula is C8H12N2O3. The monoisotopic (exact) mass is 184 g/mol. The van der Waals surface area contributed by atoms with Crippen LogP contribution in [0.2, 0.25) is 0 Å². The lowest BCUT2D eigenvalue weighted by atomic mass is 10.4. The smallest absolute Gasteiger partial charge is 0.356 e. The number of aliphatic hydroxyl groups excluding tert-OH is 1. The molecule has 1 aromatic heterocycles. The number of ether oxygens (including phenoxy) is 1. The van der Waals surface area contributed by atoms with Crippen LogP contribution in [0, 0.1) is 6.92 Å². The van der Waals surface area contributed by atoms with Crippen LogP contribution in [0.5, 0.6) is 0 Å². The number of hydrogen-bond acceptors (Lipinski definition) is 4. The Morgan fingerprint density at radius 1 is 1.77 bits per heavy atom. The Morgan fingerprint density at radius 2 is 2.46 bits per heavy atom. The average molecular weight is 184 g/mol. The van der Waals surface area contributed by atoms with Gasteiger partial charge in [0.05, 0.1) is 26.0 Å². The van der Waals surface area contributed by atoms with Gasteiger partial charge in [-0.3, -0.25) is 4.68 Å². The summed E-state index contributed by atoms with van der Waals surface area (Å²) in [6.07, 6.45) is 0. The molecule has 0 spiro atoms. The fraction of sp³-hybridized carbons (Fsp3) is 0.500. The molecule has 72 valence electrons. The van der Waals surface area contributed by atoms with Crippen LogP contribution >= 0.6 is 0 Å². The van der Waals surface area contributed by atoms with Crippen LogP contribution in [0.15, 0.2) is 6.07 Å². The van der Waals surface area contributed by atoms with Crippen molar-refractivity contribution in [3.63, 3.8) is 0 Å². The zero-order valence-corrected chi connectivity index (χ0v) is 7.65. The second-order valence-electron chi connectivity index (χ2n) is 2.61. The van der Waals surface area contributed by atoms with Crippen LogP contribution in [-0.2, 0) is 11.3 Å². The molecule has 0 saturated carbocycles. The molecule has 0 atom stereocenters. The summed E-state index contributed by atoms with van der Waals surface area (Å²) >= 11 is 0. The summed E-state index contributed by atoms with van der Waals surface area (Å²) in [5.41, 5.74) is 1.10. The van der Waals surface area contributed by atoms with Crippen molar-refractivity contribution in [1.82, 2.24) is 9.78 Å².